The zero-order valence-corrected chi connectivity index (χ0v) is 26.6. The van der Waals surface area contributed by atoms with Crippen LogP contribution >= 0.6 is 0 Å². The van der Waals surface area contributed by atoms with Gasteiger partial charge in [-0.3, -0.25) is 24.2 Å². The summed E-state index contributed by atoms with van der Waals surface area (Å²) in [5.41, 5.74) is -0.795. The number of carboxylic acids is 1. The third-order valence-electron chi connectivity index (χ3n) is 6.57. The van der Waals surface area contributed by atoms with Crippen molar-refractivity contribution >= 4 is 41.2 Å². The van der Waals surface area contributed by atoms with E-state index in [9.17, 15) is 39.0 Å². The lowest BCUT2D eigenvalue weighted by molar-refractivity contribution is -0.158. The number of esters is 1. The minimum atomic E-state index is -1.22. The number of carboxylic acid groups (broad SMARTS) is 1. The second kappa shape index (κ2) is 16.2. The van der Waals surface area contributed by atoms with Gasteiger partial charge >= 0.3 is 11.9 Å². The highest BCUT2D eigenvalue weighted by Crippen LogP contribution is 2.36. The first kappa shape index (κ1) is 37.3. The van der Waals surface area contributed by atoms with E-state index in [2.05, 4.69) is 20.9 Å². The number of unbranched alkanes of at least 4 members (excludes halogenated alkanes) is 1. The summed E-state index contributed by atoms with van der Waals surface area (Å²) < 4.78 is 5.30. The van der Waals surface area contributed by atoms with Gasteiger partial charge < -0.3 is 30.9 Å². The van der Waals surface area contributed by atoms with Crippen LogP contribution in [-0.4, -0.2) is 81.6 Å². The number of aliphatic hydroxyl groups is 1. The van der Waals surface area contributed by atoms with E-state index in [0.29, 0.717) is 19.3 Å². The first-order valence-corrected chi connectivity index (χ1v) is 14.5. The van der Waals surface area contributed by atoms with Crippen molar-refractivity contribution in [1.29, 1.82) is 0 Å². The summed E-state index contributed by atoms with van der Waals surface area (Å²) in [6.07, 6.45) is 1.49. The highest BCUT2D eigenvalue weighted by atomic mass is 16.6. The summed E-state index contributed by atoms with van der Waals surface area (Å²) in [6, 6.07) is -3.14. The van der Waals surface area contributed by atoms with Gasteiger partial charge in [0, 0.05) is 38.4 Å². The Kier molecular flexibility index (Phi) is 14.0. The highest BCUT2D eigenvalue weighted by Gasteiger charge is 2.34. The Morgan fingerprint density at radius 1 is 1.00 bits per heavy atom. The Bertz CT molecular complexity index is 1130. The van der Waals surface area contributed by atoms with Crippen molar-refractivity contribution < 1.29 is 43.7 Å². The number of carbonyl (C=O) groups is 6. The number of allylic oxidation sites excluding steroid dienone is 2. The van der Waals surface area contributed by atoms with Crippen LogP contribution in [0.1, 0.15) is 100 Å². The van der Waals surface area contributed by atoms with Gasteiger partial charge in [0.2, 0.25) is 17.7 Å². The van der Waals surface area contributed by atoms with Gasteiger partial charge in [-0.05, 0) is 65.7 Å². The predicted octanol–water partition coefficient (Wildman–Crippen LogP) is 2.52. The van der Waals surface area contributed by atoms with E-state index < -0.39 is 47.5 Å². The topological polar surface area (TPSA) is 201 Å². The SMILES string of the molecule is CC(=O)NC(CCC(=O)NCCCCC(NC(=O)C(C)N=C(C)C1=C(O)CC(C)(C)CC1=O)C(=O)O)C(=O)OC(C)(C)C. The van der Waals surface area contributed by atoms with E-state index in [-0.39, 0.29) is 66.4 Å². The fourth-order valence-electron chi connectivity index (χ4n) is 4.59. The molecule has 0 saturated carbocycles. The summed E-state index contributed by atoms with van der Waals surface area (Å²) in [7, 11) is 0. The monoisotopic (exact) mass is 608 g/mol. The normalized spacial score (nSPS) is 17.4. The van der Waals surface area contributed by atoms with Crippen molar-refractivity contribution in [2.45, 2.75) is 124 Å². The van der Waals surface area contributed by atoms with Gasteiger partial charge in [-0.15, -0.1) is 0 Å². The Morgan fingerprint density at radius 2 is 1.63 bits per heavy atom. The lowest BCUT2D eigenvalue weighted by Crippen LogP contribution is -2.44. The number of aliphatic hydroxyl groups excluding tert-OH is 1. The minimum Gasteiger partial charge on any atom is -0.511 e. The molecule has 0 heterocycles. The summed E-state index contributed by atoms with van der Waals surface area (Å²) in [5.74, 6) is -3.58. The molecule has 242 valence electrons. The van der Waals surface area contributed by atoms with Crippen LogP contribution in [0.4, 0.5) is 0 Å². The molecule has 3 unspecified atom stereocenters. The molecule has 13 nitrogen and oxygen atoms in total. The molecular weight excluding hydrogens is 560 g/mol. The quantitative estimate of drug-likeness (QED) is 0.105. The number of hydrogen-bond donors (Lipinski definition) is 5. The van der Waals surface area contributed by atoms with Crippen molar-refractivity contribution in [3.05, 3.63) is 11.3 Å². The first-order valence-electron chi connectivity index (χ1n) is 14.5. The molecule has 3 atom stereocenters. The molecule has 5 N–H and O–H groups in total. The van der Waals surface area contributed by atoms with Crippen LogP contribution in [0.2, 0.25) is 0 Å². The largest absolute Gasteiger partial charge is 0.511 e. The van der Waals surface area contributed by atoms with Crippen LogP contribution in [0.25, 0.3) is 0 Å². The number of Topliss-reactive ketones (excluding diaryl/α,β-unsaturated/α-hetero) is 1. The molecule has 0 fully saturated rings. The zero-order chi connectivity index (χ0) is 33.1. The standard InChI is InChI=1S/C30H48N4O9/c1-17(25-22(36)15-30(7,8)16-23(25)37)32-18(2)26(39)34-20(27(40)41)11-9-10-14-31-24(38)13-12-21(33-19(3)35)28(42)43-29(4,5)6/h18,20-21,36H,9-16H2,1-8H3,(H,31,38)(H,33,35)(H,34,39)(H,40,41). The molecule has 0 aromatic heterocycles. The smallest absolute Gasteiger partial charge is 0.329 e. The molecular formula is C30H48N4O9. The lowest BCUT2D eigenvalue weighted by Gasteiger charge is -2.29. The number of carbonyl (C=O) groups excluding carboxylic acids is 5. The second-order valence-corrected chi connectivity index (χ2v) is 12.7. The van der Waals surface area contributed by atoms with E-state index in [1.54, 1.807) is 20.8 Å². The van der Waals surface area contributed by atoms with Crippen molar-refractivity contribution in [2.24, 2.45) is 10.4 Å². The average Bonchev–Trinajstić information content (AvgIpc) is 2.82. The molecule has 0 aromatic carbocycles. The maximum Gasteiger partial charge on any atom is 0.329 e. The maximum absolute atomic E-state index is 12.7. The van der Waals surface area contributed by atoms with Crippen LogP contribution in [0, 0.1) is 5.41 Å². The molecule has 13 heteroatoms. The van der Waals surface area contributed by atoms with Gasteiger partial charge in [0.1, 0.15) is 29.5 Å². The molecule has 0 radical (unpaired) electrons. The molecule has 3 amide bonds. The molecule has 1 aliphatic carbocycles. The molecule has 0 aliphatic heterocycles. The van der Waals surface area contributed by atoms with E-state index in [1.165, 1.54) is 20.8 Å². The van der Waals surface area contributed by atoms with Crippen molar-refractivity contribution in [3.8, 4) is 0 Å². The summed E-state index contributed by atoms with van der Waals surface area (Å²) in [4.78, 5) is 77.2. The van der Waals surface area contributed by atoms with Crippen molar-refractivity contribution in [2.75, 3.05) is 6.54 Å². The summed E-state index contributed by atoms with van der Waals surface area (Å²) >= 11 is 0. The number of amides is 3. The maximum atomic E-state index is 12.7. The molecule has 1 rings (SSSR count). The Morgan fingerprint density at radius 3 is 2.16 bits per heavy atom. The summed E-state index contributed by atoms with van der Waals surface area (Å²) in [5, 5.41) is 27.6. The Balaban J connectivity index is 2.57. The average molecular weight is 609 g/mol. The molecule has 0 spiro atoms. The van der Waals surface area contributed by atoms with Gasteiger partial charge in [-0.2, -0.15) is 0 Å². The molecule has 43 heavy (non-hydrogen) atoms. The number of ether oxygens (including phenoxy) is 1. The zero-order valence-electron chi connectivity index (χ0n) is 26.6. The second-order valence-electron chi connectivity index (χ2n) is 12.7. The van der Waals surface area contributed by atoms with Gasteiger partial charge in [-0.25, -0.2) is 9.59 Å². The Labute approximate surface area is 253 Å². The molecule has 0 bridgehead atoms. The van der Waals surface area contributed by atoms with Gasteiger partial charge in [-0.1, -0.05) is 13.8 Å². The fourth-order valence-corrected chi connectivity index (χ4v) is 4.59. The van der Waals surface area contributed by atoms with Gasteiger partial charge in [0.25, 0.3) is 0 Å². The van der Waals surface area contributed by atoms with Crippen LogP contribution in [0.3, 0.4) is 0 Å². The van der Waals surface area contributed by atoms with E-state index in [0.717, 1.165) is 0 Å². The number of nitrogens with zero attached hydrogens (tertiary/aromatic N) is 1. The minimum absolute atomic E-state index is 0.0339. The van der Waals surface area contributed by atoms with Crippen LogP contribution in [-0.2, 0) is 33.5 Å². The Hall–Kier alpha value is -3.77. The van der Waals surface area contributed by atoms with E-state index in [4.69, 9.17) is 4.74 Å². The van der Waals surface area contributed by atoms with Crippen LogP contribution in [0.15, 0.2) is 16.3 Å². The van der Waals surface area contributed by atoms with E-state index >= 15 is 0 Å². The van der Waals surface area contributed by atoms with Crippen molar-refractivity contribution in [1.82, 2.24) is 16.0 Å². The third kappa shape index (κ3) is 13.8. The number of hydrogen-bond acceptors (Lipinski definition) is 9. The predicted molar refractivity (Wildman–Crippen MR) is 159 cm³/mol. The van der Waals surface area contributed by atoms with E-state index in [1.807, 2.05) is 13.8 Å². The van der Waals surface area contributed by atoms with Crippen LogP contribution in [0.5, 0.6) is 0 Å². The first-order chi connectivity index (χ1) is 19.7. The van der Waals surface area contributed by atoms with Gasteiger partial charge in [0.05, 0.1) is 5.57 Å². The molecule has 0 saturated heterocycles. The number of rotatable bonds is 15. The lowest BCUT2D eigenvalue weighted by atomic mass is 9.76. The van der Waals surface area contributed by atoms with Gasteiger partial charge in [0.15, 0.2) is 5.78 Å². The highest BCUT2D eigenvalue weighted by molar-refractivity contribution is 6.22. The molecule has 0 aromatic rings. The third-order valence-corrected chi connectivity index (χ3v) is 6.57. The fraction of sp³-hybridized carbons (Fsp3) is 0.700. The number of aliphatic carboxylic acids is 1. The van der Waals surface area contributed by atoms with Crippen LogP contribution < -0.4 is 16.0 Å². The number of aliphatic imine (C=N–C) groups is 1. The number of ketones is 1. The molecule has 1 aliphatic rings. The van der Waals surface area contributed by atoms with Crippen molar-refractivity contribution in [3.63, 3.8) is 0 Å². The number of nitrogens with one attached hydrogen (secondary N) is 3. The summed E-state index contributed by atoms with van der Waals surface area (Å²) in [6.45, 7) is 13.4.